The maximum absolute atomic E-state index is 13.5. The smallest absolute Gasteiger partial charge is 0.418 e. The van der Waals surface area contributed by atoms with E-state index in [4.69, 9.17) is 16.3 Å². The van der Waals surface area contributed by atoms with Crippen molar-refractivity contribution in [3.63, 3.8) is 0 Å². The summed E-state index contributed by atoms with van der Waals surface area (Å²) in [5.41, 5.74) is -1.59. The van der Waals surface area contributed by atoms with Gasteiger partial charge in [-0.1, -0.05) is 41.9 Å². The van der Waals surface area contributed by atoms with Crippen molar-refractivity contribution >= 4 is 39.2 Å². The number of hydrogen-bond donors (Lipinski definition) is 1. The number of nitrogens with one attached hydrogen (secondary N) is 1. The molecule has 36 heavy (non-hydrogen) atoms. The van der Waals surface area contributed by atoms with E-state index in [1.807, 2.05) is 0 Å². The van der Waals surface area contributed by atoms with E-state index in [0.717, 1.165) is 10.4 Å². The topological polar surface area (TPSA) is 92.8 Å². The van der Waals surface area contributed by atoms with Crippen molar-refractivity contribution in [2.24, 2.45) is 0 Å². The number of anilines is 1. The molecule has 0 aliphatic rings. The molecular weight excluding hydrogens is 521 g/mol. The zero-order chi connectivity index (χ0) is 26.7. The highest BCUT2D eigenvalue weighted by molar-refractivity contribution is 7.89. The summed E-state index contributed by atoms with van der Waals surface area (Å²) in [7, 11) is -1.03. The fourth-order valence-electron chi connectivity index (χ4n) is 3.11. The molecule has 1 amide bonds. The van der Waals surface area contributed by atoms with Crippen molar-refractivity contribution in [3.8, 4) is 0 Å². The van der Waals surface area contributed by atoms with Crippen LogP contribution in [-0.4, -0.2) is 38.7 Å². The van der Waals surface area contributed by atoms with E-state index < -0.39 is 45.4 Å². The first kappa shape index (κ1) is 27.2. The highest BCUT2D eigenvalue weighted by Gasteiger charge is 2.35. The molecule has 12 heteroatoms. The maximum Gasteiger partial charge on any atom is 0.418 e. The number of esters is 1. The highest BCUT2D eigenvalue weighted by Crippen LogP contribution is 2.37. The lowest BCUT2D eigenvalue weighted by Gasteiger charge is -2.20. The molecule has 3 rings (SSSR count). The van der Waals surface area contributed by atoms with Gasteiger partial charge >= 0.3 is 12.1 Å². The van der Waals surface area contributed by atoms with E-state index in [1.54, 1.807) is 18.2 Å². The van der Waals surface area contributed by atoms with Crippen LogP contribution in [0.2, 0.25) is 5.02 Å². The average Bonchev–Trinajstić information content (AvgIpc) is 2.83. The SMILES string of the molecule is CN(C)S(=O)(=O)c1ccc(C(=O)O[C@H](C(=O)Nc2ccc(Cl)cc2C(F)(F)F)c2ccccc2)cc1. The molecule has 0 heterocycles. The van der Waals surface area contributed by atoms with Gasteiger partial charge in [-0.3, -0.25) is 4.79 Å². The summed E-state index contributed by atoms with van der Waals surface area (Å²) in [6.07, 6.45) is -6.42. The molecule has 0 fully saturated rings. The van der Waals surface area contributed by atoms with Crippen molar-refractivity contribution in [2.45, 2.75) is 17.2 Å². The first-order chi connectivity index (χ1) is 16.8. The predicted molar refractivity (Wildman–Crippen MR) is 127 cm³/mol. The van der Waals surface area contributed by atoms with Gasteiger partial charge in [0.1, 0.15) is 0 Å². The van der Waals surface area contributed by atoms with E-state index in [9.17, 15) is 31.2 Å². The summed E-state index contributed by atoms with van der Waals surface area (Å²) in [6, 6.07) is 15.4. The van der Waals surface area contributed by atoms with Gasteiger partial charge in [-0.25, -0.2) is 17.5 Å². The van der Waals surface area contributed by atoms with Crippen LogP contribution in [0.3, 0.4) is 0 Å². The second-order valence-corrected chi connectivity index (χ2v) is 10.3. The van der Waals surface area contributed by atoms with Gasteiger partial charge in [0.15, 0.2) is 0 Å². The molecule has 1 N–H and O–H groups in total. The lowest BCUT2D eigenvalue weighted by Crippen LogP contribution is -2.27. The molecule has 3 aromatic rings. The maximum atomic E-state index is 13.5. The van der Waals surface area contributed by atoms with Crippen molar-refractivity contribution in [2.75, 3.05) is 19.4 Å². The lowest BCUT2D eigenvalue weighted by atomic mass is 10.1. The molecule has 0 spiro atoms. The van der Waals surface area contributed by atoms with E-state index in [1.165, 1.54) is 56.6 Å². The third-order valence-electron chi connectivity index (χ3n) is 4.98. The molecule has 1 atom stereocenters. The van der Waals surface area contributed by atoms with Gasteiger partial charge in [0.05, 0.1) is 21.7 Å². The first-order valence-electron chi connectivity index (χ1n) is 10.3. The van der Waals surface area contributed by atoms with Gasteiger partial charge in [0.25, 0.3) is 5.91 Å². The number of nitrogens with zero attached hydrogens (tertiary/aromatic N) is 1. The lowest BCUT2D eigenvalue weighted by molar-refractivity contribution is -0.137. The van der Waals surface area contributed by atoms with E-state index in [-0.39, 0.29) is 21.0 Å². The van der Waals surface area contributed by atoms with Crippen molar-refractivity contribution < 1.29 is 35.9 Å². The molecule has 0 saturated heterocycles. The molecule has 7 nitrogen and oxygen atoms in total. The Bertz CT molecular complexity index is 1360. The summed E-state index contributed by atoms with van der Waals surface area (Å²) in [4.78, 5) is 25.8. The summed E-state index contributed by atoms with van der Waals surface area (Å²) < 4.78 is 71.2. The largest absolute Gasteiger partial charge is 0.444 e. The van der Waals surface area contributed by atoms with Gasteiger partial charge in [0.2, 0.25) is 16.1 Å². The Morgan fingerprint density at radius 3 is 2.14 bits per heavy atom. The molecule has 0 aliphatic carbocycles. The van der Waals surface area contributed by atoms with E-state index in [2.05, 4.69) is 5.32 Å². The van der Waals surface area contributed by atoms with Crippen LogP contribution >= 0.6 is 11.6 Å². The Labute approximate surface area is 210 Å². The Morgan fingerprint density at radius 2 is 1.58 bits per heavy atom. The number of rotatable bonds is 7. The van der Waals surface area contributed by atoms with Crippen LogP contribution in [0.25, 0.3) is 0 Å². The number of hydrogen-bond acceptors (Lipinski definition) is 5. The number of halogens is 4. The van der Waals surface area contributed by atoms with Crippen LogP contribution in [0.5, 0.6) is 0 Å². The van der Waals surface area contributed by atoms with Crippen LogP contribution < -0.4 is 5.32 Å². The molecule has 0 aromatic heterocycles. The minimum absolute atomic E-state index is 0.0658. The molecule has 0 unspecified atom stereocenters. The van der Waals surface area contributed by atoms with Gasteiger partial charge in [-0.15, -0.1) is 0 Å². The molecule has 0 aliphatic heterocycles. The molecule has 3 aromatic carbocycles. The van der Waals surface area contributed by atoms with E-state index >= 15 is 0 Å². The standard InChI is InChI=1S/C24H20ClF3N2O5S/c1-30(2)36(33,34)18-11-8-16(9-12-18)23(32)35-21(15-6-4-3-5-7-15)22(31)29-20-13-10-17(25)14-19(20)24(26,27)28/h3-14,21H,1-2H3,(H,29,31)/t21-/m0/s1. The van der Waals surface area contributed by atoms with Crippen molar-refractivity contribution in [1.29, 1.82) is 0 Å². The minimum Gasteiger partial charge on any atom is -0.444 e. The van der Waals surface area contributed by atoms with Crippen molar-refractivity contribution in [3.05, 3.63) is 94.5 Å². The molecular formula is C24H20ClF3N2O5S. The second kappa shape index (κ2) is 10.7. The molecule has 190 valence electrons. The van der Waals surface area contributed by atoms with Gasteiger partial charge in [0, 0.05) is 24.7 Å². The average molecular weight is 541 g/mol. The van der Waals surface area contributed by atoms with Crippen LogP contribution in [-0.2, 0) is 25.7 Å². The Hall–Kier alpha value is -3.41. The Morgan fingerprint density at radius 1 is 0.972 bits per heavy atom. The van der Waals surface area contributed by atoms with Crippen LogP contribution in [0.15, 0.2) is 77.7 Å². The van der Waals surface area contributed by atoms with Crippen LogP contribution in [0.1, 0.15) is 27.6 Å². The first-order valence-corrected chi connectivity index (χ1v) is 12.1. The summed E-state index contributed by atoms with van der Waals surface area (Å²) in [6.45, 7) is 0. The Kier molecular flexibility index (Phi) is 8.07. The summed E-state index contributed by atoms with van der Waals surface area (Å²) in [5.74, 6) is -2.02. The monoisotopic (exact) mass is 540 g/mol. The third kappa shape index (κ3) is 6.23. The Balaban J connectivity index is 1.90. The zero-order valence-electron chi connectivity index (χ0n) is 18.9. The van der Waals surface area contributed by atoms with E-state index in [0.29, 0.717) is 6.07 Å². The zero-order valence-corrected chi connectivity index (χ0v) is 20.5. The summed E-state index contributed by atoms with van der Waals surface area (Å²) in [5, 5.41) is 1.99. The van der Waals surface area contributed by atoms with Gasteiger partial charge < -0.3 is 10.1 Å². The number of ether oxygens (including phenoxy) is 1. The summed E-state index contributed by atoms with van der Waals surface area (Å²) >= 11 is 5.69. The molecule has 0 saturated carbocycles. The third-order valence-corrected chi connectivity index (χ3v) is 7.04. The normalized spacial score (nSPS) is 12.8. The fraction of sp³-hybridized carbons (Fsp3) is 0.167. The van der Waals surface area contributed by atoms with Gasteiger partial charge in [-0.05, 0) is 42.5 Å². The number of amides is 1. The quantitative estimate of drug-likeness (QED) is 0.419. The van der Waals surface area contributed by atoms with Crippen LogP contribution in [0.4, 0.5) is 18.9 Å². The fourth-order valence-corrected chi connectivity index (χ4v) is 4.18. The minimum atomic E-state index is -4.80. The second-order valence-electron chi connectivity index (χ2n) is 7.68. The van der Waals surface area contributed by atoms with Crippen LogP contribution in [0, 0.1) is 0 Å². The molecule has 0 bridgehead atoms. The number of sulfonamides is 1. The molecule has 0 radical (unpaired) electrons. The predicted octanol–water partition coefficient (Wildman–Crippen LogP) is 5.15. The number of carbonyl (C=O) groups is 2. The number of alkyl halides is 3. The number of carbonyl (C=O) groups excluding carboxylic acids is 2. The van der Waals surface area contributed by atoms with Crippen molar-refractivity contribution in [1.82, 2.24) is 4.31 Å². The number of benzene rings is 3. The van der Waals surface area contributed by atoms with Gasteiger partial charge in [-0.2, -0.15) is 13.2 Å². The highest BCUT2D eigenvalue weighted by atomic mass is 35.5.